The van der Waals surface area contributed by atoms with Crippen LogP contribution in [0.5, 0.6) is 0 Å². The van der Waals surface area contributed by atoms with Gasteiger partial charge in [0.15, 0.2) is 0 Å². The lowest BCUT2D eigenvalue weighted by Crippen LogP contribution is -2.07. The van der Waals surface area contributed by atoms with E-state index in [0.29, 0.717) is 15.2 Å². The highest BCUT2D eigenvalue weighted by Crippen LogP contribution is 1.79. The van der Waals surface area contributed by atoms with Crippen LogP contribution in [0.25, 0.3) is 0 Å². The topological polar surface area (TPSA) is 37.3 Å². The first-order valence-electron chi connectivity index (χ1n) is 3.16. The Labute approximate surface area is 74.3 Å². The molecule has 57 valence electrons. The first-order chi connectivity index (χ1) is 5.35. The van der Waals surface area contributed by atoms with Gasteiger partial charge in [-0.25, -0.2) is 4.57 Å². The van der Waals surface area contributed by atoms with Gasteiger partial charge in [-0.3, -0.25) is 0 Å². The molecule has 0 spiro atoms. The van der Waals surface area contributed by atoms with E-state index in [-0.39, 0.29) is 0 Å². The van der Waals surface area contributed by atoms with E-state index in [1.165, 1.54) is 4.43 Å². The van der Waals surface area contributed by atoms with Crippen molar-refractivity contribution in [1.82, 2.24) is 0 Å². The smallest absolute Gasteiger partial charge is 0.310 e. The molecule has 0 unspecified atom stereocenters. The predicted octanol–water partition coefficient (Wildman–Crippen LogP) is 1.25. The van der Waals surface area contributed by atoms with Gasteiger partial charge < -0.3 is 4.89 Å². The van der Waals surface area contributed by atoms with Gasteiger partial charge in [-0.1, -0.05) is 30.3 Å². The van der Waals surface area contributed by atoms with E-state index in [0.717, 1.165) is 0 Å². The van der Waals surface area contributed by atoms with Gasteiger partial charge in [-0.2, -0.15) is 0 Å². The number of benzene rings is 1. The summed E-state index contributed by atoms with van der Waals surface area (Å²) in [6, 6.07) is 10.6. The minimum Gasteiger partial charge on any atom is -0.310 e. The molecule has 11 heavy (non-hydrogen) atoms. The van der Waals surface area contributed by atoms with Crippen molar-refractivity contribution in [3.63, 3.8) is 0 Å². The summed E-state index contributed by atoms with van der Waals surface area (Å²) >= 11 is 0.511. The van der Waals surface area contributed by atoms with Crippen LogP contribution in [0, 0.1) is 0 Å². The van der Waals surface area contributed by atoms with E-state index < -0.39 is 8.69 Å². The molecule has 1 radical (unpaired) electrons. The maximum absolute atomic E-state index is 8.46. The molecule has 0 atom stereocenters. The van der Waals surface area contributed by atoms with E-state index in [1.807, 2.05) is 0 Å². The van der Waals surface area contributed by atoms with Crippen molar-refractivity contribution in [3.8, 4) is 0 Å². The number of hydrogen-bond acceptors (Lipinski definition) is 1. The quantitative estimate of drug-likeness (QED) is 0.525. The molecule has 0 amide bonds. The second-order valence-electron chi connectivity index (χ2n) is 1.78. The van der Waals surface area contributed by atoms with Crippen molar-refractivity contribution in [2.45, 2.75) is 5.79 Å². The molecule has 2 nitrogen and oxygen atoms in total. The van der Waals surface area contributed by atoms with Crippen LogP contribution in [0.4, 0.5) is 0 Å². The normalized spacial score (nSPS) is 8.18. The standard InChI is InChI=1S/C6H5.CH3.Al.HO2P/c1-2-4-6-5-3-1;;;1-3-2/h1-5H;1H3;;(H,1,2). The van der Waals surface area contributed by atoms with Crippen LogP contribution in [0.2, 0.25) is 5.79 Å². The third-order valence-corrected chi connectivity index (χ3v) is 2.18. The summed E-state index contributed by atoms with van der Waals surface area (Å²) in [5.74, 6) is 2.25. The van der Waals surface area contributed by atoms with Crippen LogP contribution >= 0.6 is 8.69 Å². The van der Waals surface area contributed by atoms with Crippen molar-refractivity contribution in [2.75, 3.05) is 0 Å². The molecular weight excluding hydrogens is 174 g/mol. The second-order valence-corrected chi connectivity index (χ2v) is 3.19. The molecular formula is C7H9AlO2P. The van der Waals surface area contributed by atoms with Gasteiger partial charge in [-0.15, -0.1) is 10.2 Å². The van der Waals surface area contributed by atoms with Crippen LogP contribution in [-0.4, -0.2) is 20.1 Å². The summed E-state index contributed by atoms with van der Waals surface area (Å²) in [5.41, 5.74) is 0. The molecule has 0 aromatic heterocycles. The van der Waals surface area contributed by atoms with Crippen molar-refractivity contribution in [2.24, 2.45) is 0 Å². The fourth-order valence-corrected chi connectivity index (χ4v) is 1.25. The number of rotatable bonds is 1. The Hall–Kier alpha value is -0.188. The van der Waals surface area contributed by atoms with E-state index in [9.17, 15) is 0 Å². The zero-order valence-electron chi connectivity index (χ0n) is 6.27. The molecule has 4 heteroatoms. The highest BCUT2D eigenvalue weighted by molar-refractivity contribution is 7.16. The molecule has 0 aliphatic rings. The molecule has 0 heterocycles. The van der Waals surface area contributed by atoms with Crippen LogP contribution in [0.15, 0.2) is 30.3 Å². The Morgan fingerprint density at radius 3 is 2.09 bits per heavy atom. The maximum atomic E-state index is 8.46. The molecule has 1 N–H and O–H groups in total. The Balaban J connectivity index is 0.000000292. The molecule has 0 bridgehead atoms. The molecule has 1 aromatic carbocycles. The van der Waals surface area contributed by atoms with E-state index in [4.69, 9.17) is 9.46 Å². The van der Waals surface area contributed by atoms with Crippen molar-refractivity contribution in [1.29, 1.82) is 0 Å². The molecule has 0 fully saturated rings. The highest BCUT2D eigenvalue weighted by Gasteiger charge is 1.83. The molecule has 0 aliphatic heterocycles. The third kappa shape index (κ3) is 6.22. The van der Waals surface area contributed by atoms with Gasteiger partial charge in [0.2, 0.25) is 15.2 Å². The monoisotopic (exact) mass is 183 g/mol. The van der Waals surface area contributed by atoms with Gasteiger partial charge in [0.1, 0.15) is 0 Å². The van der Waals surface area contributed by atoms with Crippen molar-refractivity contribution < 1.29 is 9.46 Å². The van der Waals surface area contributed by atoms with Gasteiger partial charge in [0.25, 0.3) is 0 Å². The Bertz CT molecular complexity index is 191. The molecule has 0 saturated carbocycles. The van der Waals surface area contributed by atoms with Crippen molar-refractivity contribution in [3.05, 3.63) is 30.3 Å². The van der Waals surface area contributed by atoms with E-state index >= 15 is 0 Å². The zero-order chi connectivity index (χ0) is 8.53. The fourth-order valence-electron chi connectivity index (χ4n) is 0.645. The van der Waals surface area contributed by atoms with Crippen molar-refractivity contribution >= 4 is 28.3 Å². The lowest BCUT2D eigenvalue weighted by Gasteiger charge is -1.88. The van der Waals surface area contributed by atoms with Crippen LogP contribution in [0.1, 0.15) is 0 Å². The predicted molar refractivity (Wildman–Crippen MR) is 47.5 cm³/mol. The number of hydrogen-bond donors (Lipinski definition) is 1. The summed E-state index contributed by atoms with van der Waals surface area (Å²) in [5, 5.41) is 0. The van der Waals surface area contributed by atoms with E-state index in [1.54, 1.807) is 0 Å². The summed E-state index contributed by atoms with van der Waals surface area (Å²) in [4.78, 5) is 6.99. The van der Waals surface area contributed by atoms with E-state index in [2.05, 4.69) is 36.1 Å². The highest BCUT2D eigenvalue weighted by atomic mass is 31.1. The average Bonchev–Trinajstić information content (AvgIpc) is 2.08. The Morgan fingerprint density at radius 2 is 1.82 bits per heavy atom. The lowest BCUT2D eigenvalue weighted by molar-refractivity contribution is 0.524. The van der Waals surface area contributed by atoms with Crippen LogP contribution < -0.4 is 4.43 Å². The minimum absolute atomic E-state index is 0.511. The zero-order valence-corrected chi connectivity index (χ0v) is 8.32. The average molecular weight is 183 g/mol. The SMILES string of the molecule is O=PO.[CH3][Al][c]1ccccc1. The summed E-state index contributed by atoms with van der Waals surface area (Å²) in [6.07, 6.45) is 0. The largest absolute Gasteiger partial charge is 0.324 e. The molecule has 1 rings (SSSR count). The first-order valence-corrected chi connectivity index (χ1v) is 5.66. The summed E-state index contributed by atoms with van der Waals surface area (Å²) in [6.45, 7) is 0. The first kappa shape index (κ1) is 10.8. The molecule has 0 saturated heterocycles. The van der Waals surface area contributed by atoms with Crippen LogP contribution in [-0.2, 0) is 4.57 Å². The lowest BCUT2D eigenvalue weighted by atomic mass is 10.4. The Kier molecular flexibility index (Phi) is 7.78. The van der Waals surface area contributed by atoms with Gasteiger partial charge >= 0.3 is 8.69 Å². The Morgan fingerprint density at radius 1 is 1.36 bits per heavy atom. The third-order valence-electron chi connectivity index (χ3n) is 1.13. The fraction of sp³-hybridized carbons (Fsp3) is 0.143. The van der Waals surface area contributed by atoms with Gasteiger partial charge in [0, 0.05) is 0 Å². The summed E-state index contributed by atoms with van der Waals surface area (Å²) in [7, 11) is -0.833. The molecule has 0 aliphatic carbocycles. The minimum atomic E-state index is -0.833. The van der Waals surface area contributed by atoms with Gasteiger partial charge in [0.05, 0.1) is 0 Å². The molecule has 1 aromatic rings. The maximum Gasteiger partial charge on any atom is 0.324 e. The van der Waals surface area contributed by atoms with Gasteiger partial charge in [-0.05, 0) is 0 Å². The van der Waals surface area contributed by atoms with Crippen LogP contribution in [0.3, 0.4) is 0 Å². The summed E-state index contributed by atoms with van der Waals surface area (Å²) < 4.78 is 9.95. The second kappa shape index (κ2) is 7.91.